The molecule has 0 unspecified atom stereocenters. The predicted molar refractivity (Wildman–Crippen MR) is 116 cm³/mol. The minimum absolute atomic E-state index is 0.00664. The molecule has 0 bridgehead atoms. The number of thioether (sulfide) groups is 1. The highest BCUT2D eigenvalue weighted by atomic mass is 32.2. The number of carbonyl (C=O) groups is 1. The Morgan fingerprint density at radius 3 is 2.54 bits per heavy atom. The largest absolute Gasteiger partial charge is 0.512 e. The first-order chi connectivity index (χ1) is 12.7. The minimum atomic E-state index is -0.793. The van der Waals surface area contributed by atoms with Gasteiger partial charge in [-0.3, -0.25) is 4.79 Å². The van der Waals surface area contributed by atoms with E-state index < -0.39 is 10.2 Å². The van der Waals surface area contributed by atoms with E-state index in [9.17, 15) is 9.90 Å². The summed E-state index contributed by atoms with van der Waals surface area (Å²) in [7, 11) is 0. The van der Waals surface area contributed by atoms with Gasteiger partial charge in [0.1, 0.15) is 22.9 Å². The fraction of sp³-hybridized carbons (Fsp3) is 0.545. The van der Waals surface area contributed by atoms with Crippen LogP contribution in [0.5, 0.6) is 5.75 Å². The molecular formula is C22H32N2O3S. The summed E-state index contributed by atoms with van der Waals surface area (Å²) in [5.41, 5.74) is 6.41. The summed E-state index contributed by atoms with van der Waals surface area (Å²) in [6.45, 7) is 13.4. The van der Waals surface area contributed by atoms with E-state index in [1.165, 1.54) is 17.8 Å². The summed E-state index contributed by atoms with van der Waals surface area (Å²) in [5.74, 6) is 0.662. The summed E-state index contributed by atoms with van der Waals surface area (Å²) >= 11 is 1.44. The van der Waals surface area contributed by atoms with Gasteiger partial charge < -0.3 is 15.6 Å². The Bertz CT molecular complexity index is 818. The second-order valence-corrected chi connectivity index (χ2v) is 11.1. The lowest BCUT2D eigenvalue weighted by Gasteiger charge is -2.33. The number of amides is 1. The summed E-state index contributed by atoms with van der Waals surface area (Å²) in [4.78, 5) is 17.6. The van der Waals surface area contributed by atoms with Gasteiger partial charge in [0.15, 0.2) is 0 Å². The molecule has 6 heteroatoms. The molecule has 1 aliphatic heterocycles. The molecule has 0 saturated heterocycles. The molecule has 1 aromatic carbocycles. The van der Waals surface area contributed by atoms with Crippen molar-refractivity contribution >= 4 is 23.5 Å². The highest BCUT2D eigenvalue weighted by Gasteiger charge is 2.31. The van der Waals surface area contributed by atoms with E-state index in [-0.39, 0.29) is 23.1 Å². The third-order valence-corrected chi connectivity index (χ3v) is 5.76. The molecule has 1 amide bonds. The number of fused-ring (bicyclic) bond motifs is 1. The van der Waals surface area contributed by atoms with Gasteiger partial charge in [0.25, 0.3) is 5.91 Å². The summed E-state index contributed by atoms with van der Waals surface area (Å²) in [6, 6.07) is 6.03. The molecule has 0 radical (unpaired) electrons. The van der Waals surface area contributed by atoms with E-state index in [2.05, 4.69) is 24.9 Å². The number of ether oxygens (including phenoxy) is 1. The number of aliphatic hydroxyl groups is 1. The maximum atomic E-state index is 12.7. The van der Waals surface area contributed by atoms with Crippen LogP contribution in [-0.4, -0.2) is 27.2 Å². The van der Waals surface area contributed by atoms with Gasteiger partial charge in [-0.25, -0.2) is 0 Å². The molecule has 28 heavy (non-hydrogen) atoms. The molecule has 0 atom stereocenters. The van der Waals surface area contributed by atoms with Crippen molar-refractivity contribution in [2.45, 2.75) is 76.6 Å². The van der Waals surface area contributed by atoms with Crippen LogP contribution in [0.25, 0.3) is 0 Å². The minimum Gasteiger partial charge on any atom is -0.512 e. The van der Waals surface area contributed by atoms with Crippen LogP contribution in [-0.2, 0) is 11.2 Å². The van der Waals surface area contributed by atoms with Crippen molar-refractivity contribution in [3.8, 4) is 5.75 Å². The van der Waals surface area contributed by atoms with Crippen LogP contribution in [0.15, 0.2) is 39.9 Å². The van der Waals surface area contributed by atoms with Crippen LogP contribution in [0.4, 0.5) is 0 Å². The van der Waals surface area contributed by atoms with E-state index >= 15 is 0 Å². The highest BCUT2D eigenvalue weighted by Crippen LogP contribution is 2.39. The van der Waals surface area contributed by atoms with Gasteiger partial charge in [0.2, 0.25) is 0 Å². The predicted octanol–water partition coefficient (Wildman–Crippen LogP) is 5.03. The first kappa shape index (κ1) is 22.3. The van der Waals surface area contributed by atoms with Gasteiger partial charge in [-0.2, -0.15) is 4.99 Å². The molecule has 0 aromatic heterocycles. The summed E-state index contributed by atoms with van der Waals surface area (Å²) < 4.78 is 5.23. The average molecular weight is 405 g/mol. The van der Waals surface area contributed by atoms with E-state index in [0.29, 0.717) is 0 Å². The van der Waals surface area contributed by atoms with E-state index in [4.69, 9.17) is 10.5 Å². The number of allylic oxidation sites excluding steroid dienone is 1. The molecular weight excluding hydrogens is 372 g/mol. The fourth-order valence-corrected chi connectivity index (χ4v) is 3.74. The van der Waals surface area contributed by atoms with Crippen LogP contribution in [0.1, 0.15) is 60.5 Å². The molecule has 3 N–H and O–H groups in total. The Hall–Kier alpha value is -1.95. The number of carbonyl (C=O) groups excluding carboxylic acids is 1. The Morgan fingerprint density at radius 2 is 1.93 bits per heavy atom. The van der Waals surface area contributed by atoms with Crippen molar-refractivity contribution in [1.82, 2.24) is 0 Å². The third-order valence-electron chi connectivity index (χ3n) is 4.59. The molecule has 0 fully saturated rings. The number of amidine groups is 1. The topological polar surface area (TPSA) is 84.9 Å². The third kappa shape index (κ3) is 5.77. The summed E-state index contributed by atoms with van der Waals surface area (Å²) in [6.07, 6.45) is 3.25. The molecule has 1 aliphatic rings. The van der Waals surface area contributed by atoms with Crippen molar-refractivity contribution in [2.24, 2.45) is 16.1 Å². The van der Waals surface area contributed by atoms with Crippen LogP contribution in [0.2, 0.25) is 0 Å². The highest BCUT2D eigenvalue weighted by molar-refractivity contribution is 8.01. The Balaban J connectivity index is 2.15. The quantitative estimate of drug-likeness (QED) is 0.318. The van der Waals surface area contributed by atoms with E-state index in [1.54, 1.807) is 0 Å². The number of aliphatic hydroxyl groups excluding tert-OH is 1. The number of rotatable bonds is 4. The normalized spacial score (nSPS) is 17.7. The fourth-order valence-electron chi connectivity index (χ4n) is 2.68. The van der Waals surface area contributed by atoms with Gasteiger partial charge in [-0.05, 0) is 64.3 Å². The molecule has 1 heterocycles. The number of nitrogens with two attached hydrogens (primary N) is 1. The molecule has 1 aromatic rings. The Kier molecular flexibility index (Phi) is 6.24. The number of aryl methyl sites for hydroxylation is 1. The van der Waals surface area contributed by atoms with Crippen LogP contribution in [0, 0.1) is 5.41 Å². The Morgan fingerprint density at radius 1 is 1.29 bits per heavy atom. The first-order valence-corrected chi connectivity index (χ1v) is 10.3. The van der Waals surface area contributed by atoms with Gasteiger partial charge in [-0.15, -0.1) is 11.8 Å². The van der Waals surface area contributed by atoms with Gasteiger partial charge >= 0.3 is 0 Å². The van der Waals surface area contributed by atoms with Crippen LogP contribution >= 0.6 is 11.8 Å². The molecule has 5 nitrogen and oxygen atoms in total. The zero-order chi connectivity index (χ0) is 21.3. The maximum Gasteiger partial charge on any atom is 0.263 e. The van der Waals surface area contributed by atoms with Crippen molar-refractivity contribution in [3.63, 3.8) is 0 Å². The average Bonchev–Trinajstić information content (AvgIpc) is 2.53. The summed E-state index contributed by atoms with van der Waals surface area (Å²) in [5, 5.41) is 10.0. The lowest BCUT2D eigenvalue weighted by molar-refractivity contribution is -0.119. The number of benzene rings is 1. The van der Waals surface area contributed by atoms with Gasteiger partial charge in [0, 0.05) is 16.4 Å². The zero-order valence-corrected chi connectivity index (χ0v) is 18.7. The van der Waals surface area contributed by atoms with Gasteiger partial charge in [-0.1, -0.05) is 20.8 Å². The smallest absolute Gasteiger partial charge is 0.263 e. The van der Waals surface area contributed by atoms with Crippen molar-refractivity contribution < 1.29 is 14.6 Å². The molecule has 0 aliphatic carbocycles. The molecule has 154 valence electrons. The second-order valence-electron chi connectivity index (χ2n) is 9.37. The lowest BCUT2D eigenvalue weighted by Crippen LogP contribution is -2.32. The second kappa shape index (κ2) is 7.82. The first-order valence-electron chi connectivity index (χ1n) is 9.50. The van der Waals surface area contributed by atoms with Crippen LogP contribution < -0.4 is 10.5 Å². The number of hydrogen-bond acceptors (Lipinski definition) is 4. The van der Waals surface area contributed by atoms with Crippen molar-refractivity contribution in [2.75, 3.05) is 0 Å². The molecule has 2 rings (SSSR count). The van der Waals surface area contributed by atoms with Gasteiger partial charge in [0.05, 0.1) is 4.75 Å². The zero-order valence-electron chi connectivity index (χ0n) is 17.9. The number of hydrogen-bond donors (Lipinski definition) is 2. The standard InChI is InChI=1S/C22H32N2O3S/c1-20(2,3)17(25)13-18(23)24-19(26)22(6,7)28-15-8-9-16-14(12-15)10-11-21(4,5)27-16/h8-9,12-13,25H,10-11H2,1-7H3,(H2,23,24,26)/b17-13-. The maximum absolute atomic E-state index is 12.7. The van der Waals surface area contributed by atoms with Crippen molar-refractivity contribution in [3.05, 3.63) is 35.6 Å². The monoisotopic (exact) mass is 404 g/mol. The van der Waals surface area contributed by atoms with Crippen LogP contribution in [0.3, 0.4) is 0 Å². The molecule has 0 saturated carbocycles. The van der Waals surface area contributed by atoms with E-state index in [1.807, 2.05) is 46.8 Å². The SMILES string of the molecule is CC1(C)CCc2cc(SC(C)(C)C(=O)N=C(N)/C=C(\O)C(C)(C)C)ccc2O1. The number of aliphatic imine (C=N–C) groups is 1. The molecule has 0 spiro atoms. The lowest BCUT2D eigenvalue weighted by atomic mass is 9.93. The Labute approximate surface area is 172 Å². The van der Waals surface area contributed by atoms with E-state index in [0.717, 1.165) is 29.1 Å². The van der Waals surface area contributed by atoms with Crippen molar-refractivity contribution in [1.29, 1.82) is 0 Å². The number of nitrogens with zero attached hydrogens (tertiary/aromatic N) is 1.